The minimum atomic E-state index is -3.30. The van der Waals surface area contributed by atoms with Gasteiger partial charge in [0.15, 0.2) is 5.60 Å². The second kappa shape index (κ2) is 20.8. The van der Waals surface area contributed by atoms with Crippen LogP contribution in [0.15, 0.2) is 72.3 Å². The lowest BCUT2D eigenvalue weighted by atomic mass is 9.77. The van der Waals surface area contributed by atoms with Crippen molar-refractivity contribution in [3.63, 3.8) is 0 Å². The number of nitrogens with one attached hydrogen (secondary N) is 1. The number of unbranched alkanes of at least 4 members (excludes halogenated alkanes) is 8. The number of esters is 1. The first-order chi connectivity index (χ1) is 25.5. The van der Waals surface area contributed by atoms with E-state index in [9.17, 15) is 23.1 Å². The van der Waals surface area contributed by atoms with Crippen LogP contribution in [0.5, 0.6) is 0 Å². The van der Waals surface area contributed by atoms with E-state index in [1.807, 2.05) is 81.4 Å². The topological polar surface area (TPSA) is 130 Å². The van der Waals surface area contributed by atoms with Gasteiger partial charge in [-0.15, -0.1) is 0 Å². The molecule has 2 atom stereocenters. The number of nitrogens with zero attached hydrogens (tertiary/aromatic N) is 1. The molecule has 0 aliphatic carbocycles. The molecule has 0 bridgehead atoms. The second-order valence-corrected chi connectivity index (χ2v) is 18.9. The van der Waals surface area contributed by atoms with Gasteiger partial charge >= 0.3 is 5.97 Å². The summed E-state index contributed by atoms with van der Waals surface area (Å²) in [6.07, 6.45) is 9.85. The standard InChI is InChI=1S/C43H64N2O7S2/c1-8-10-11-23-31-44-54(50,51)32-24-15-13-12-14-22-29-36(42(49,30-9-2)39(47)52-41(5,6)7)38(46)45-37(33(3)4)43(53-40(45)48,34-25-18-16-19-26-34)35-27-20-17-21-28-35/h16-21,25-29,33,37,44,49H,8-15,22-24,30-32H2,1-7H3/b36-29+/t37-,42-/m0/s1. The van der Waals surface area contributed by atoms with Gasteiger partial charge in [0, 0.05) is 6.54 Å². The molecule has 0 saturated carbocycles. The Balaban J connectivity index is 1.91. The number of sulfonamides is 1. The van der Waals surface area contributed by atoms with E-state index in [2.05, 4.69) is 11.6 Å². The van der Waals surface area contributed by atoms with Crippen LogP contribution in [0.2, 0.25) is 0 Å². The molecule has 9 nitrogen and oxygen atoms in total. The van der Waals surface area contributed by atoms with Gasteiger partial charge in [-0.1, -0.05) is 139 Å². The van der Waals surface area contributed by atoms with Crippen LogP contribution in [0.3, 0.4) is 0 Å². The Labute approximate surface area is 329 Å². The highest BCUT2D eigenvalue weighted by Crippen LogP contribution is 2.56. The summed E-state index contributed by atoms with van der Waals surface area (Å²) in [5.74, 6) is -1.73. The SMILES string of the molecule is CCCCCCNS(=O)(=O)CCCCCCC/C=C(\C(=O)N1C(=O)SC(c2ccccc2)(c2ccccc2)[C@@H]1C(C)C)[C@@](O)(CCC)C(=O)OC(C)(C)C. The number of benzene rings is 2. The van der Waals surface area contributed by atoms with E-state index in [0.717, 1.165) is 67.8 Å². The first kappa shape index (κ1) is 45.4. The van der Waals surface area contributed by atoms with Crippen molar-refractivity contribution in [2.75, 3.05) is 12.3 Å². The van der Waals surface area contributed by atoms with E-state index in [-0.39, 0.29) is 23.7 Å². The van der Waals surface area contributed by atoms with Crippen LogP contribution in [-0.4, -0.2) is 65.1 Å². The minimum Gasteiger partial charge on any atom is -0.458 e. The van der Waals surface area contributed by atoms with Gasteiger partial charge < -0.3 is 9.84 Å². The highest BCUT2D eigenvalue weighted by molar-refractivity contribution is 8.15. The average Bonchev–Trinajstić information content (AvgIpc) is 3.44. The maximum atomic E-state index is 15.0. The van der Waals surface area contributed by atoms with Gasteiger partial charge in [0.05, 0.1) is 22.1 Å². The molecule has 2 N–H and O–H groups in total. The maximum Gasteiger partial charge on any atom is 0.343 e. The third-order valence-corrected chi connectivity index (χ3v) is 12.6. The van der Waals surface area contributed by atoms with Crippen molar-refractivity contribution in [3.8, 4) is 0 Å². The number of thioether (sulfide) groups is 1. The summed E-state index contributed by atoms with van der Waals surface area (Å²) in [5, 5.41) is 11.8. The predicted octanol–water partition coefficient (Wildman–Crippen LogP) is 9.29. The molecule has 11 heteroatoms. The molecule has 1 aliphatic heterocycles. The van der Waals surface area contributed by atoms with E-state index in [0.29, 0.717) is 32.2 Å². The maximum absolute atomic E-state index is 15.0. The molecule has 0 radical (unpaired) electrons. The molecule has 54 heavy (non-hydrogen) atoms. The second-order valence-electron chi connectivity index (χ2n) is 15.8. The van der Waals surface area contributed by atoms with E-state index in [4.69, 9.17) is 4.74 Å². The Bertz CT molecular complexity index is 1600. The number of carbonyl (C=O) groups is 3. The Hall–Kier alpha value is -2.99. The van der Waals surface area contributed by atoms with Crippen LogP contribution in [0, 0.1) is 5.92 Å². The number of rotatable bonds is 22. The van der Waals surface area contributed by atoms with Gasteiger partial charge in [0.2, 0.25) is 10.0 Å². The van der Waals surface area contributed by atoms with Crippen molar-refractivity contribution in [3.05, 3.63) is 83.4 Å². The van der Waals surface area contributed by atoms with Gasteiger partial charge in [-0.05, 0) is 81.7 Å². The third-order valence-electron chi connectivity index (χ3n) is 9.74. The van der Waals surface area contributed by atoms with Crippen LogP contribution in [0.25, 0.3) is 0 Å². The summed E-state index contributed by atoms with van der Waals surface area (Å²) in [6.45, 7) is 13.5. The highest BCUT2D eigenvalue weighted by atomic mass is 32.2. The van der Waals surface area contributed by atoms with Crippen molar-refractivity contribution in [2.45, 2.75) is 148 Å². The number of carbonyl (C=O) groups excluding carboxylic acids is 3. The fraction of sp³-hybridized carbons (Fsp3) is 0.605. The third kappa shape index (κ3) is 12.0. The number of aliphatic hydroxyl groups is 1. The zero-order chi connectivity index (χ0) is 40.0. The fourth-order valence-corrected chi connectivity index (χ4v) is 9.98. The number of amides is 2. The van der Waals surface area contributed by atoms with Crippen molar-refractivity contribution in [1.82, 2.24) is 9.62 Å². The Morgan fingerprint density at radius 3 is 1.98 bits per heavy atom. The molecule has 1 saturated heterocycles. The zero-order valence-electron chi connectivity index (χ0n) is 33.6. The lowest BCUT2D eigenvalue weighted by molar-refractivity contribution is -0.175. The molecule has 0 spiro atoms. The predicted molar refractivity (Wildman–Crippen MR) is 220 cm³/mol. The minimum absolute atomic E-state index is 0.0648. The van der Waals surface area contributed by atoms with Crippen molar-refractivity contribution in [1.29, 1.82) is 0 Å². The number of imide groups is 1. The van der Waals surface area contributed by atoms with Crippen molar-refractivity contribution >= 4 is 38.9 Å². The molecule has 3 rings (SSSR count). The number of hydrogen-bond donors (Lipinski definition) is 2. The van der Waals surface area contributed by atoms with Gasteiger partial charge in [-0.2, -0.15) is 0 Å². The van der Waals surface area contributed by atoms with Gasteiger partial charge in [0.1, 0.15) is 5.60 Å². The Morgan fingerprint density at radius 1 is 0.889 bits per heavy atom. The monoisotopic (exact) mass is 784 g/mol. The summed E-state index contributed by atoms with van der Waals surface area (Å²) in [6, 6.07) is 18.8. The number of hydrogen-bond acceptors (Lipinski definition) is 8. The summed E-state index contributed by atoms with van der Waals surface area (Å²) in [7, 11) is -3.30. The highest BCUT2D eigenvalue weighted by Gasteiger charge is 2.60. The largest absolute Gasteiger partial charge is 0.458 e. The Morgan fingerprint density at radius 2 is 1.44 bits per heavy atom. The van der Waals surface area contributed by atoms with Crippen LogP contribution in [0.1, 0.15) is 137 Å². The van der Waals surface area contributed by atoms with E-state index < -0.39 is 49.1 Å². The molecule has 2 aromatic carbocycles. The fourth-order valence-electron chi connectivity index (χ4n) is 7.22. The zero-order valence-corrected chi connectivity index (χ0v) is 35.2. The molecular weight excluding hydrogens is 721 g/mol. The van der Waals surface area contributed by atoms with Crippen LogP contribution in [-0.2, 0) is 29.1 Å². The van der Waals surface area contributed by atoms with Crippen molar-refractivity contribution < 1.29 is 32.6 Å². The smallest absolute Gasteiger partial charge is 0.343 e. The lowest BCUT2D eigenvalue weighted by Gasteiger charge is -2.40. The molecule has 1 heterocycles. The first-order valence-corrected chi connectivity index (χ1v) is 22.3. The quantitative estimate of drug-likeness (QED) is 0.0687. The van der Waals surface area contributed by atoms with Gasteiger partial charge in [-0.3, -0.25) is 14.5 Å². The molecule has 1 aliphatic rings. The summed E-state index contributed by atoms with van der Waals surface area (Å²) in [5.41, 5.74) is -1.61. The first-order valence-electron chi connectivity index (χ1n) is 19.9. The molecule has 0 aromatic heterocycles. The normalized spacial score (nSPS) is 17.5. The average molecular weight is 785 g/mol. The van der Waals surface area contributed by atoms with Crippen LogP contribution >= 0.6 is 11.8 Å². The molecule has 300 valence electrons. The number of allylic oxidation sites excluding steroid dienone is 1. The van der Waals surface area contributed by atoms with E-state index in [1.165, 1.54) is 4.90 Å². The van der Waals surface area contributed by atoms with Crippen LogP contribution in [0.4, 0.5) is 4.79 Å². The molecule has 2 amide bonds. The summed E-state index contributed by atoms with van der Waals surface area (Å²) < 4.78 is 32.2. The van der Waals surface area contributed by atoms with Gasteiger partial charge in [0.25, 0.3) is 11.1 Å². The summed E-state index contributed by atoms with van der Waals surface area (Å²) >= 11 is 1.09. The van der Waals surface area contributed by atoms with E-state index in [1.54, 1.807) is 26.8 Å². The molecular formula is C43H64N2O7S2. The van der Waals surface area contributed by atoms with Crippen molar-refractivity contribution in [2.24, 2.45) is 5.92 Å². The summed E-state index contributed by atoms with van der Waals surface area (Å²) in [4.78, 5) is 44.5. The Kier molecular flexibility index (Phi) is 17.5. The van der Waals surface area contributed by atoms with E-state index >= 15 is 4.79 Å². The molecule has 1 fully saturated rings. The lowest BCUT2D eigenvalue weighted by Crippen LogP contribution is -2.54. The number of ether oxygens (including phenoxy) is 1. The van der Waals surface area contributed by atoms with Gasteiger partial charge in [-0.25, -0.2) is 17.9 Å². The molecule has 2 aromatic rings. The molecule has 0 unspecified atom stereocenters. The van der Waals surface area contributed by atoms with Crippen LogP contribution < -0.4 is 4.72 Å².